The van der Waals surface area contributed by atoms with E-state index in [2.05, 4.69) is 10.4 Å². The van der Waals surface area contributed by atoms with E-state index in [0.717, 1.165) is 6.42 Å². The third kappa shape index (κ3) is 3.09. The van der Waals surface area contributed by atoms with E-state index < -0.39 is 5.97 Å². The second-order valence-corrected chi connectivity index (χ2v) is 6.30. The molecule has 1 amide bonds. The lowest BCUT2D eigenvalue weighted by Gasteiger charge is -2.08. The molecule has 0 unspecified atom stereocenters. The number of carbonyl (C=O) groups excluding carboxylic acids is 1. The zero-order valence-electron chi connectivity index (χ0n) is 13.9. The van der Waals surface area contributed by atoms with E-state index in [-0.39, 0.29) is 23.3 Å². The first kappa shape index (κ1) is 16.1. The minimum atomic E-state index is -1.16. The molecule has 1 heterocycles. The van der Waals surface area contributed by atoms with Crippen LogP contribution in [0.25, 0.3) is 5.69 Å². The molecule has 6 heteroatoms. The average molecular weight is 347 g/mol. The van der Waals surface area contributed by atoms with Crippen molar-refractivity contribution in [2.45, 2.75) is 18.4 Å². The van der Waals surface area contributed by atoms with Crippen molar-refractivity contribution in [3.8, 4) is 5.69 Å². The molecule has 26 heavy (non-hydrogen) atoms. The molecule has 0 aliphatic heterocycles. The SMILES string of the molecule is O=C(O)c1cc(C(=O)N[C@H]2C[C@@H]2c2ccccc2)n(-c2ccccc2)n1. The number of benzene rings is 2. The number of carboxylic acids is 1. The van der Waals surface area contributed by atoms with Crippen molar-refractivity contribution in [2.24, 2.45) is 0 Å². The first-order valence-electron chi connectivity index (χ1n) is 8.38. The Kier molecular flexibility index (Phi) is 4.01. The Morgan fingerprint density at radius 1 is 1.04 bits per heavy atom. The van der Waals surface area contributed by atoms with Gasteiger partial charge in [0, 0.05) is 18.0 Å². The summed E-state index contributed by atoms with van der Waals surface area (Å²) in [4.78, 5) is 24.0. The molecule has 0 spiro atoms. The van der Waals surface area contributed by atoms with Crippen molar-refractivity contribution in [2.75, 3.05) is 0 Å². The van der Waals surface area contributed by atoms with Crippen molar-refractivity contribution >= 4 is 11.9 Å². The Labute approximate surface area is 150 Å². The summed E-state index contributed by atoms with van der Waals surface area (Å²) >= 11 is 0. The second-order valence-electron chi connectivity index (χ2n) is 6.30. The van der Waals surface area contributed by atoms with Crippen LogP contribution in [-0.4, -0.2) is 32.8 Å². The number of para-hydroxylation sites is 1. The van der Waals surface area contributed by atoms with Gasteiger partial charge in [0.15, 0.2) is 5.69 Å². The lowest BCUT2D eigenvalue weighted by Crippen LogP contribution is -2.28. The highest BCUT2D eigenvalue weighted by atomic mass is 16.4. The molecule has 1 aliphatic carbocycles. The minimum absolute atomic E-state index is 0.0531. The van der Waals surface area contributed by atoms with Crippen LogP contribution in [0.4, 0.5) is 0 Å². The Morgan fingerprint density at radius 2 is 1.69 bits per heavy atom. The molecule has 130 valence electrons. The summed E-state index contributed by atoms with van der Waals surface area (Å²) in [6, 6.07) is 20.4. The fraction of sp³-hybridized carbons (Fsp3) is 0.150. The topological polar surface area (TPSA) is 84.2 Å². The monoisotopic (exact) mass is 347 g/mol. The summed E-state index contributed by atoms with van der Waals surface area (Å²) in [5.74, 6) is -1.19. The molecule has 4 rings (SSSR count). The molecule has 1 fully saturated rings. The molecule has 3 aromatic rings. The molecule has 0 bridgehead atoms. The summed E-state index contributed by atoms with van der Waals surface area (Å²) in [7, 11) is 0. The molecule has 6 nitrogen and oxygen atoms in total. The molecule has 1 aromatic heterocycles. The largest absolute Gasteiger partial charge is 0.476 e. The van der Waals surface area contributed by atoms with E-state index in [0.29, 0.717) is 11.6 Å². The number of aromatic carboxylic acids is 1. The highest BCUT2D eigenvalue weighted by molar-refractivity contribution is 5.96. The zero-order chi connectivity index (χ0) is 18.1. The number of aromatic nitrogens is 2. The zero-order valence-corrected chi connectivity index (χ0v) is 13.9. The molecule has 0 radical (unpaired) electrons. The lowest BCUT2D eigenvalue weighted by atomic mass is 10.1. The highest BCUT2D eigenvalue weighted by Crippen LogP contribution is 2.40. The van der Waals surface area contributed by atoms with Crippen LogP contribution >= 0.6 is 0 Å². The Balaban J connectivity index is 1.57. The summed E-state index contributed by atoms with van der Waals surface area (Å²) in [5, 5.41) is 16.3. The quantitative estimate of drug-likeness (QED) is 0.743. The lowest BCUT2D eigenvalue weighted by molar-refractivity contribution is 0.0689. The van der Waals surface area contributed by atoms with Crippen LogP contribution in [0.2, 0.25) is 0 Å². The van der Waals surface area contributed by atoms with Gasteiger partial charge >= 0.3 is 5.97 Å². The number of hydrogen-bond acceptors (Lipinski definition) is 3. The van der Waals surface area contributed by atoms with E-state index in [1.165, 1.54) is 16.3 Å². The normalized spacial score (nSPS) is 18.3. The van der Waals surface area contributed by atoms with Crippen LogP contribution in [0.5, 0.6) is 0 Å². The Morgan fingerprint density at radius 3 is 2.35 bits per heavy atom. The van der Waals surface area contributed by atoms with Crippen LogP contribution < -0.4 is 5.32 Å². The minimum Gasteiger partial charge on any atom is -0.476 e. The number of carbonyl (C=O) groups is 2. The first-order valence-corrected chi connectivity index (χ1v) is 8.38. The molecule has 0 saturated heterocycles. The maximum Gasteiger partial charge on any atom is 0.356 e. The number of hydrogen-bond donors (Lipinski definition) is 2. The summed E-state index contributed by atoms with van der Waals surface area (Å²) in [6.07, 6.45) is 0.876. The van der Waals surface area contributed by atoms with Gasteiger partial charge in [0.1, 0.15) is 5.69 Å². The van der Waals surface area contributed by atoms with Crippen molar-refractivity contribution in [1.82, 2.24) is 15.1 Å². The van der Waals surface area contributed by atoms with Crippen molar-refractivity contribution in [3.63, 3.8) is 0 Å². The van der Waals surface area contributed by atoms with Gasteiger partial charge in [-0.2, -0.15) is 5.10 Å². The molecule has 1 aliphatic rings. The maximum absolute atomic E-state index is 12.7. The number of rotatable bonds is 5. The van der Waals surface area contributed by atoms with Gasteiger partial charge in [-0.15, -0.1) is 0 Å². The Bertz CT molecular complexity index is 951. The maximum atomic E-state index is 12.7. The summed E-state index contributed by atoms with van der Waals surface area (Å²) in [5.41, 5.74) is 1.89. The standard InChI is InChI=1S/C20H17N3O3/c24-19(21-16-11-15(16)13-7-3-1-4-8-13)18-12-17(20(25)26)22-23(18)14-9-5-2-6-10-14/h1-10,12,15-16H,11H2,(H,21,24)(H,25,26)/t15-,16+/m1/s1. The van der Waals surface area contributed by atoms with Gasteiger partial charge in [-0.3, -0.25) is 4.79 Å². The first-order chi connectivity index (χ1) is 12.6. The fourth-order valence-electron chi connectivity index (χ4n) is 3.08. The van der Waals surface area contributed by atoms with E-state index in [1.54, 1.807) is 12.1 Å². The molecule has 1 saturated carbocycles. The fourth-order valence-corrected chi connectivity index (χ4v) is 3.08. The predicted molar refractivity (Wildman–Crippen MR) is 95.6 cm³/mol. The number of nitrogens with one attached hydrogen (secondary N) is 1. The van der Waals surface area contributed by atoms with Crippen molar-refractivity contribution in [1.29, 1.82) is 0 Å². The molecule has 2 N–H and O–H groups in total. The van der Waals surface area contributed by atoms with Gasteiger partial charge in [-0.05, 0) is 24.1 Å². The smallest absolute Gasteiger partial charge is 0.356 e. The third-order valence-corrected chi connectivity index (χ3v) is 4.50. The van der Waals surface area contributed by atoms with E-state index in [1.807, 2.05) is 48.5 Å². The Hall–Kier alpha value is -3.41. The van der Waals surface area contributed by atoms with Gasteiger partial charge in [0.25, 0.3) is 5.91 Å². The van der Waals surface area contributed by atoms with Gasteiger partial charge < -0.3 is 10.4 Å². The van der Waals surface area contributed by atoms with Crippen LogP contribution in [0.1, 0.15) is 38.9 Å². The number of nitrogens with zero attached hydrogens (tertiary/aromatic N) is 2. The number of amides is 1. The van der Waals surface area contributed by atoms with Crippen molar-refractivity contribution < 1.29 is 14.7 Å². The van der Waals surface area contributed by atoms with Gasteiger partial charge in [0.2, 0.25) is 0 Å². The number of carboxylic acid groups (broad SMARTS) is 1. The van der Waals surface area contributed by atoms with Crippen LogP contribution in [0.3, 0.4) is 0 Å². The van der Waals surface area contributed by atoms with E-state index in [9.17, 15) is 14.7 Å². The third-order valence-electron chi connectivity index (χ3n) is 4.50. The second kappa shape index (κ2) is 6.48. The van der Waals surface area contributed by atoms with Gasteiger partial charge in [0.05, 0.1) is 5.69 Å². The van der Waals surface area contributed by atoms with E-state index in [4.69, 9.17) is 0 Å². The van der Waals surface area contributed by atoms with Gasteiger partial charge in [-0.25, -0.2) is 9.48 Å². The van der Waals surface area contributed by atoms with Crippen LogP contribution in [0.15, 0.2) is 66.7 Å². The molecular formula is C20H17N3O3. The summed E-state index contributed by atoms with van der Waals surface area (Å²) in [6.45, 7) is 0. The van der Waals surface area contributed by atoms with E-state index >= 15 is 0 Å². The van der Waals surface area contributed by atoms with Crippen LogP contribution in [0, 0.1) is 0 Å². The van der Waals surface area contributed by atoms with Crippen LogP contribution in [-0.2, 0) is 0 Å². The highest BCUT2D eigenvalue weighted by Gasteiger charge is 2.40. The molecule has 2 aromatic carbocycles. The predicted octanol–water partition coefficient (Wildman–Crippen LogP) is 2.86. The van der Waals surface area contributed by atoms with Crippen molar-refractivity contribution in [3.05, 3.63) is 83.7 Å². The molecule has 2 atom stereocenters. The average Bonchev–Trinajstić information content (AvgIpc) is 3.28. The van der Waals surface area contributed by atoms with Gasteiger partial charge in [-0.1, -0.05) is 48.5 Å². The summed E-state index contributed by atoms with van der Waals surface area (Å²) < 4.78 is 1.37. The molecular weight excluding hydrogens is 330 g/mol.